The second kappa shape index (κ2) is 8.66. The molecule has 8 heteroatoms. The lowest BCUT2D eigenvalue weighted by Crippen LogP contribution is -2.34. The maximum Gasteiger partial charge on any atom is 0.418 e. The lowest BCUT2D eigenvalue weighted by atomic mass is 10.1. The predicted molar refractivity (Wildman–Crippen MR) is 97.4 cm³/mol. The van der Waals surface area contributed by atoms with Gasteiger partial charge < -0.3 is 10.1 Å². The number of anilines is 1. The lowest BCUT2D eigenvalue weighted by molar-refractivity contribution is -0.136. The van der Waals surface area contributed by atoms with Gasteiger partial charge in [-0.1, -0.05) is 25.1 Å². The molecule has 0 aliphatic rings. The number of benzene rings is 2. The number of nitrogens with one attached hydrogen (secondary N) is 2. The predicted octanol–water partition coefficient (Wildman–Crippen LogP) is 4.62. The third kappa shape index (κ3) is 5.45. The van der Waals surface area contributed by atoms with Crippen LogP contribution in [0.4, 0.5) is 18.9 Å². The van der Waals surface area contributed by atoms with E-state index in [4.69, 9.17) is 17.0 Å². The summed E-state index contributed by atoms with van der Waals surface area (Å²) >= 11 is 4.96. The Morgan fingerprint density at radius 3 is 2.58 bits per heavy atom. The van der Waals surface area contributed by atoms with Crippen molar-refractivity contribution >= 4 is 28.9 Å². The van der Waals surface area contributed by atoms with Gasteiger partial charge in [0.05, 0.1) is 17.9 Å². The second-order valence-corrected chi connectivity index (χ2v) is 5.74. The standard InChI is InChI=1S/C18H17F3N2O2S/c1-2-10-25-13-7-5-6-12(11-13)16(24)23-17(26)22-15-9-4-3-8-14(15)18(19,20)21/h3-9,11H,2,10H2,1H3,(H2,22,23,24,26). The molecule has 0 radical (unpaired) electrons. The van der Waals surface area contributed by atoms with E-state index in [0.717, 1.165) is 12.5 Å². The summed E-state index contributed by atoms with van der Waals surface area (Å²) in [5.41, 5.74) is -0.816. The van der Waals surface area contributed by atoms with Crippen LogP contribution in [0.2, 0.25) is 0 Å². The van der Waals surface area contributed by atoms with Crippen molar-refractivity contribution in [2.75, 3.05) is 11.9 Å². The fraction of sp³-hybridized carbons (Fsp3) is 0.222. The van der Waals surface area contributed by atoms with Gasteiger partial charge in [-0.25, -0.2) is 0 Å². The molecule has 0 heterocycles. The van der Waals surface area contributed by atoms with E-state index in [0.29, 0.717) is 12.4 Å². The summed E-state index contributed by atoms with van der Waals surface area (Å²) < 4.78 is 44.4. The number of carbonyl (C=O) groups excluding carboxylic acids is 1. The number of para-hydroxylation sites is 1. The monoisotopic (exact) mass is 382 g/mol. The van der Waals surface area contributed by atoms with Crippen molar-refractivity contribution in [3.8, 4) is 5.75 Å². The van der Waals surface area contributed by atoms with Crippen molar-refractivity contribution in [3.05, 3.63) is 59.7 Å². The molecule has 0 aliphatic heterocycles. The van der Waals surface area contributed by atoms with Gasteiger partial charge in [0, 0.05) is 5.56 Å². The van der Waals surface area contributed by atoms with E-state index < -0.39 is 17.6 Å². The molecule has 0 atom stereocenters. The normalized spacial score (nSPS) is 10.9. The minimum atomic E-state index is -4.53. The molecule has 4 nitrogen and oxygen atoms in total. The average molecular weight is 382 g/mol. The summed E-state index contributed by atoms with van der Waals surface area (Å²) in [5.74, 6) is -0.0188. The number of halogens is 3. The number of alkyl halides is 3. The van der Waals surface area contributed by atoms with E-state index in [2.05, 4.69) is 10.6 Å². The zero-order valence-electron chi connectivity index (χ0n) is 13.9. The van der Waals surface area contributed by atoms with Crippen LogP contribution in [0.3, 0.4) is 0 Å². The largest absolute Gasteiger partial charge is 0.494 e. The zero-order valence-corrected chi connectivity index (χ0v) is 14.7. The van der Waals surface area contributed by atoms with Gasteiger partial charge in [0.2, 0.25) is 0 Å². The summed E-state index contributed by atoms with van der Waals surface area (Å²) in [4.78, 5) is 12.2. The van der Waals surface area contributed by atoms with E-state index in [9.17, 15) is 18.0 Å². The summed E-state index contributed by atoms with van der Waals surface area (Å²) in [6, 6.07) is 11.3. The van der Waals surface area contributed by atoms with Crippen LogP contribution in [0, 0.1) is 0 Å². The van der Waals surface area contributed by atoms with Crippen LogP contribution in [-0.4, -0.2) is 17.6 Å². The number of rotatable bonds is 5. The van der Waals surface area contributed by atoms with Crippen LogP contribution >= 0.6 is 12.2 Å². The average Bonchev–Trinajstić information content (AvgIpc) is 2.59. The third-order valence-electron chi connectivity index (χ3n) is 3.28. The Morgan fingerprint density at radius 1 is 1.15 bits per heavy atom. The van der Waals surface area contributed by atoms with E-state index in [1.54, 1.807) is 18.2 Å². The lowest BCUT2D eigenvalue weighted by Gasteiger charge is -2.15. The summed E-state index contributed by atoms with van der Waals surface area (Å²) in [5, 5.41) is 4.55. The Bertz CT molecular complexity index is 794. The number of amides is 1. The number of hydrogen-bond donors (Lipinski definition) is 2. The Kier molecular flexibility index (Phi) is 6.57. The van der Waals surface area contributed by atoms with E-state index >= 15 is 0 Å². The molecule has 1 amide bonds. The molecular formula is C18H17F3N2O2S. The molecule has 138 valence electrons. The molecule has 2 aromatic rings. The van der Waals surface area contributed by atoms with Gasteiger partial charge in [0.1, 0.15) is 5.75 Å². The molecule has 0 saturated heterocycles. The van der Waals surface area contributed by atoms with Crippen LogP contribution in [0.25, 0.3) is 0 Å². The van der Waals surface area contributed by atoms with E-state index in [1.165, 1.54) is 24.3 Å². The second-order valence-electron chi connectivity index (χ2n) is 5.33. The number of thiocarbonyl (C=S) groups is 1. The highest BCUT2D eigenvalue weighted by atomic mass is 32.1. The SMILES string of the molecule is CCCOc1cccc(C(=O)NC(=S)Nc2ccccc2C(F)(F)F)c1. The maximum atomic E-state index is 13.0. The topological polar surface area (TPSA) is 50.4 Å². The minimum absolute atomic E-state index is 0.230. The van der Waals surface area contributed by atoms with Crippen LogP contribution in [0.1, 0.15) is 29.3 Å². The Morgan fingerprint density at radius 2 is 1.88 bits per heavy atom. The van der Waals surface area contributed by atoms with Crippen LogP contribution < -0.4 is 15.4 Å². The highest BCUT2D eigenvalue weighted by Crippen LogP contribution is 2.34. The number of hydrogen-bond acceptors (Lipinski definition) is 3. The molecular weight excluding hydrogens is 365 g/mol. The van der Waals surface area contributed by atoms with Crippen LogP contribution in [0.5, 0.6) is 5.75 Å². The van der Waals surface area contributed by atoms with Gasteiger partial charge in [-0.2, -0.15) is 13.2 Å². The smallest absolute Gasteiger partial charge is 0.418 e. The van der Waals surface area contributed by atoms with Crippen molar-refractivity contribution in [2.24, 2.45) is 0 Å². The van der Waals surface area contributed by atoms with Crippen LogP contribution in [-0.2, 0) is 6.18 Å². The summed E-state index contributed by atoms with van der Waals surface area (Å²) in [7, 11) is 0. The molecule has 0 bridgehead atoms. The molecule has 2 rings (SSSR count). The molecule has 0 unspecified atom stereocenters. The fourth-order valence-corrected chi connectivity index (χ4v) is 2.32. The number of carbonyl (C=O) groups is 1. The van der Waals surface area contributed by atoms with Crippen molar-refractivity contribution in [3.63, 3.8) is 0 Å². The van der Waals surface area contributed by atoms with Gasteiger partial charge in [-0.05, 0) is 49.0 Å². The molecule has 0 saturated carbocycles. The van der Waals surface area contributed by atoms with E-state index in [1.807, 2.05) is 6.92 Å². The van der Waals surface area contributed by atoms with Crippen molar-refractivity contribution in [2.45, 2.75) is 19.5 Å². The first-order valence-corrected chi connectivity index (χ1v) is 8.23. The minimum Gasteiger partial charge on any atom is -0.494 e. The Labute approximate surface area is 154 Å². The molecule has 26 heavy (non-hydrogen) atoms. The fourth-order valence-electron chi connectivity index (χ4n) is 2.12. The molecule has 0 aliphatic carbocycles. The molecule has 2 aromatic carbocycles. The van der Waals surface area contributed by atoms with Crippen LogP contribution in [0.15, 0.2) is 48.5 Å². The van der Waals surface area contributed by atoms with Gasteiger partial charge in [0.15, 0.2) is 5.11 Å². The van der Waals surface area contributed by atoms with E-state index in [-0.39, 0.29) is 16.4 Å². The van der Waals surface area contributed by atoms with Crippen molar-refractivity contribution in [1.29, 1.82) is 0 Å². The Hall–Kier alpha value is -2.61. The zero-order chi connectivity index (χ0) is 19.2. The first kappa shape index (κ1) is 19.7. The van der Waals surface area contributed by atoms with Crippen molar-refractivity contribution < 1.29 is 22.7 Å². The first-order valence-electron chi connectivity index (χ1n) is 7.82. The first-order chi connectivity index (χ1) is 12.3. The quantitative estimate of drug-likeness (QED) is 0.741. The highest BCUT2D eigenvalue weighted by molar-refractivity contribution is 7.80. The molecule has 2 N–H and O–H groups in total. The third-order valence-corrected chi connectivity index (χ3v) is 3.48. The molecule has 0 aromatic heterocycles. The van der Waals surface area contributed by atoms with Gasteiger partial charge in [-0.3, -0.25) is 10.1 Å². The summed E-state index contributed by atoms with van der Waals surface area (Å²) in [6.07, 6.45) is -3.71. The van der Waals surface area contributed by atoms with Gasteiger partial charge in [0.25, 0.3) is 5.91 Å². The summed E-state index contributed by atoms with van der Waals surface area (Å²) in [6.45, 7) is 2.47. The molecule has 0 spiro atoms. The van der Waals surface area contributed by atoms with Gasteiger partial charge >= 0.3 is 6.18 Å². The maximum absolute atomic E-state index is 13.0. The Balaban J connectivity index is 2.06. The highest BCUT2D eigenvalue weighted by Gasteiger charge is 2.33. The van der Waals surface area contributed by atoms with Gasteiger partial charge in [-0.15, -0.1) is 0 Å². The number of ether oxygens (including phenoxy) is 1. The molecule has 0 fully saturated rings. The van der Waals surface area contributed by atoms with Crippen molar-refractivity contribution in [1.82, 2.24) is 5.32 Å².